The van der Waals surface area contributed by atoms with E-state index in [0.717, 1.165) is 16.2 Å². The summed E-state index contributed by atoms with van der Waals surface area (Å²) < 4.78 is 0. The van der Waals surface area contributed by atoms with Crippen LogP contribution in [0.1, 0.15) is 18.1 Å². The maximum Gasteiger partial charge on any atom is 0.269 e. The molecule has 0 unspecified atom stereocenters. The summed E-state index contributed by atoms with van der Waals surface area (Å²) in [6, 6.07) is 16.7. The molecule has 1 fully saturated rings. The Morgan fingerprint density at radius 1 is 1.14 bits per heavy atom. The Kier molecular flexibility index (Phi) is 3.87. The van der Waals surface area contributed by atoms with Gasteiger partial charge in [0.15, 0.2) is 0 Å². The first-order chi connectivity index (χ1) is 10.6. The van der Waals surface area contributed by atoms with Crippen LogP contribution in [0.15, 0.2) is 59.6 Å². The summed E-state index contributed by atoms with van der Waals surface area (Å²) in [4.78, 5) is 9.98. The highest BCUT2D eigenvalue weighted by atomic mass is 32.2. The van der Waals surface area contributed by atoms with Crippen molar-refractivity contribution in [3.8, 4) is 0 Å². The van der Waals surface area contributed by atoms with Crippen LogP contribution in [0.2, 0.25) is 0 Å². The standard InChI is InChI=1S/C16H15N3O2S/c1-16(13-7-9-14(10-8-13)19(20)21)18-17-15(22-16)11-12-5-3-2-4-6-12/h2-11,17-18H,1H3/b15-11-/t16-/m1/s1. The molecule has 1 saturated heterocycles. The predicted octanol–water partition coefficient (Wildman–Crippen LogP) is 3.61. The second-order valence-corrected chi connectivity index (χ2v) is 6.57. The lowest BCUT2D eigenvalue weighted by atomic mass is 10.1. The number of hydrazine groups is 1. The number of nitrogens with zero attached hydrogens (tertiary/aromatic N) is 1. The molecule has 112 valence electrons. The van der Waals surface area contributed by atoms with Crippen molar-refractivity contribution in [3.63, 3.8) is 0 Å². The van der Waals surface area contributed by atoms with E-state index >= 15 is 0 Å². The number of thioether (sulfide) groups is 1. The van der Waals surface area contributed by atoms with Crippen molar-refractivity contribution in [1.82, 2.24) is 10.9 Å². The van der Waals surface area contributed by atoms with Crippen LogP contribution in [-0.4, -0.2) is 4.92 Å². The minimum Gasteiger partial charge on any atom is -0.314 e. The van der Waals surface area contributed by atoms with Crippen molar-refractivity contribution >= 4 is 23.5 Å². The van der Waals surface area contributed by atoms with E-state index in [1.54, 1.807) is 23.9 Å². The van der Waals surface area contributed by atoms with Gasteiger partial charge in [-0.25, -0.2) is 5.43 Å². The maximum absolute atomic E-state index is 10.7. The molecule has 3 rings (SSSR count). The number of hydrogen-bond donors (Lipinski definition) is 2. The Morgan fingerprint density at radius 3 is 2.45 bits per heavy atom. The normalized spacial score (nSPS) is 22.5. The van der Waals surface area contributed by atoms with Gasteiger partial charge in [0.2, 0.25) is 0 Å². The average Bonchev–Trinajstić information content (AvgIpc) is 2.91. The first-order valence-corrected chi connectivity index (χ1v) is 7.62. The fraction of sp³-hybridized carbons (Fsp3) is 0.125. The highest BCUT2D eigenvalue weighted by Crippen LogP contribution is 2.42. The van der Waals surface area contributed by atoms with E-state index in [4.69, 9.17) is 0 Å². The Morgan fingerprint density at radius 2 is 1.82 bits per heavy atom. The third kappa shape index (κ3) is 2.98. The van der Waals surface area contributed by atoms with Crippen molar-refractivity contribution in [2.24, 2.45) is 0 Å². The molecule has 1 aliphatic rings. The molecule has 6 heteroatoms. The predicted molar refractivity (Wildman–Crippen MR) is 88.7 cm³/mol. The molecule has 0 amide bonds. The van der Waals surface area contributed by atoms with Gasteiger partial charge in [0.05, 0.1) is 9.95 Å². The Hall–Kier alpha value is -2.31. The molecule has 2 aromatic rings. The van der Waals surface area contributed by atoms with Gasteiger partial charge in [-0.15, -0.1) is 0 Å². The van der Waals surface area contributed by atoms with Gasteiger partial charge in [0.1, 0.15) is 4.87 Å². The summed E-state index contributed by atoms with van der Waals surface area (Å²) in [5.41, 5.74) is 8.61. The second-order valence-electron chi connectivity index (χ2n) is 5.11. The molecular formula is C16H15N3O2S. The highest BCUT2D eigenvalue weighted by Gasteiger charge is 2.34. The second kappa shape index (κ2) is 5.82. The molecule has 0 saturated carbocycles. The van der Waals surface area contributed by atoms with E-state index < -0.39 is 0 Å². The van der Waals surface area contributed by atoms with Crippen molar-refractivity contribution in [2.75, 3.05) is 0 Å². The maximum atomic E-state index is 10.7. The van der Waals surface area contributed by atoms with Crippen LogP contribution in [0.25, 0.3) is 6.08 Å². The SMILES string of the molecule is C[C@@]1(c2ccc([N+](=O)[O-])cc2)NN/C(=C/c2ccccc2)S1. The molecule has 0 spiro atoms. The smallest absolute Gasteiger partial charge is 0.269 e. The molecule has 0 radical (unpaired) electrons. The molecule has 0 aliphatic carbocycles. The van der Waals surface area contributed by atoms with Gasteiger partial charge in [0.25, 0.3) is 5.69 Å². The summed E-state index contributed by atoms with van der Waals surface area (Å²) in [5.74, 6) is 0. The summed E-state index contributed by atoms with van der Waals surface area (Å²) in [6.45, 7) is 2.04. The van der Waals surface area contributed by atoms with Gasteiger partial charge in [-0.05, 0) is 36.3 Å². The van der Waals surface area contributed by atoms with Crippen LogP contribution in [-0.2, 0) is 4.87 Å². The highest BCUT2D eigenvalue weighted by molar-refractivity contribution is 8.04. The van der Waals surface area contributed by atoms with Gasteiger partial charge >= 0.3 is 0 Å². The zero-order chi connectivity index (χ0) is 15.6. The molecule has 1 heterocycles. The van der Waals surface area contributed by atoms with Crippen LogP contribution >= 0.6 is 11.8 Å². The summed E-state index contributed by atoms with van der Waals surface area (Å²) >= 11 is 1.64. The molecular weight excluding hydrogens is 298 g/mol. The molecule has 2 aromatic carbocycles. The Bertz CT molecular complexity index is 716. The number of benzene rings is 2. The number of non-ortho nitro benzene ring substituents is 1. The Balaban J connectivity index is 1.80. The molecule has 5 nitrogen and oxygen atoms in total. The molecule has 1 atom stereocenters. The van der Waals surface area contributed by atoms with E-state index in [2.05, 4.69) is 16.9 Å². The minimum absolute atomic E-state index is 0.100. The first-order valence-electron chi connectivity index (χ1n) is 6.81. The van der Waals surface area contributed by atoms with Gasteiger partial charge in [0, 0.05) is 12.1 Å². The van der Waals surface area contributed by atoms with Gasteiger partial charge in [-0.2, -0.15) is 0 Å². The fourth-order valence-corrected chi connectivity index (χ4v) is 3.34. The topological polar surface area (TPSA) is 67.2 Å². The lowest BCUT2D eigenvalue weighted by molar-refractivity contribution is -0.384. The van der Waals surface area contributed by atoms with Gasteiger partial charge in [-0.1, -0.05) is 42.1 Å². The fourth-order valence-electron chi connectivity index (χ4n) is 2.25. The lowest BCUT2D eigenvalue weighted by Gasteiger charge is -2.21. The van der Waals surface area contributed by atoms with Crippen LogP contribution in [0.4, 0.5) is 5.69 Å². The molecule has 0 bridgehead atoms. The van der Waals surface area contributed by atoms with E-state index in [1.165, 1.54) is 12.1 Å². The van der Waals surface area contributed by atoms with E-state index in [1.807, 2.05) is 37.3 Å². The van der Waals surface area contributed by atoms with Crippen LogP contribution < -0.4 is 10.9 Å². The minimum atomic E-state index is -0.389. The monoisotopic (exact) mass is 313 g/mol. The third-order valence-corrected chi connectivity index (χ3v) is 4.65. The summed E-state index contributed by atoms with van der Waals surface area (Å²) in [7, 11) is 0. The zero-order valence-electron chi connectivity index (χ0n) is 11.9. The van der Waals surface area contributed by atoms with Crippen LogP contribution in [0.5, 0.6) is 0 Å². The van der Waals surface area contributed by atoms with Crippen molar-refractivity contribution in [2.45, 2.75) is 11.8 Å². The number of rotatable bonds is 3. The van der Waals surface area contributed by atoms with Crippen molar-refractivity contribution < 1.29 is 4.92 Å². The van der Waals surface area contributed by atoms with Crippen LogP contribution in [0.3, 0.4) is 0 Å². The zero-order valence-corrected chi connectivity index (χ0v) is 12.8. The van der Waals surface area contributed by atoms with E-state index in [0.29, 0.717) is 0 Å². The Labute approximate surface area is 132 Å². The quantitative estimate of drug-likeness (QED) is 0.669. The van der Waals surface area contributed by atoms with Crippen molar-refractivity contribution in [1.29, 1.82) is 0 Å². The third-order valence-electron chi connectivity index (χ3n) is 3.46. The average molecular weight is 313 g/mol. The molecule has 22 heavy (non-hydrogen) atoms. The van der Waals surface area contributed by atoms with Crippen molar-refractivity contribution in [3.05, 3.63) is 80.9 Å². The van der Waals surface area contributed by atoms with E-state index in [-0.39, 0.29) is 15.5 Å². The molecule has 1 aliphatic heterocycles. The number of nitro groups is 1. The van der Waals surface area contributed by atoms with Crippen LogP contribution in [0, 0.1) is 10.1 Å². The molecule has 0 aromatic heterocycles. The van der Waals surface area contributed by atoms with Gasteiger partial charge in [-0.3, -0.25) is 10.1 Å². The van der Waals surface area contributed by atoms with Gasteiger partial charge < -0.3 is 5.43 Å². The summed E-state index contributed by atoms with van der Waals surface area (Å²) in [6.07, 6.45) is 2.06. The largest absolute Gasteiger partial charge is 0.314 e. The number of nitrogens with one attached hydrogen (secondary N) is 2. The molecule has 2 N–H and O–H groups in total. The summed E-state index contributed by atoms with van der Waals surface area (Å²) in [5, 5.41) is 11.7. The lowest BCUT2D eigenvalue weighted by Crippen LogP contribution is -2.36. The number of nitro benzene ring substituents is 1. The first kappa shape index (κ1) is 14.6. The van der Waals surface area contributed by atoms with E-state index in [9.17, 15) is 10.1 Å². The number of hydrogen-bond acceptors (Lipinski definition) is 5.